The summed E-state index contributed by atoms with van der Waals surface area (Å²) < 4.78 is 16.1. The fourth-order valence-electron chi connectivity index (χ4n) is 3.14. The molecule has 0 bridgehead atoms. The van der Waals surface area contributed by atoms with E-state index in [-0.39, 0.29) is 24.3 Å². The molecule has 0 unspecified atom stereocenters. The molecule has 0 spiro atoms. The summed E-state index contributed by atoms with van der Waals surface area (Å²) in [6.07, 6.45) is 0.827. The summed E-state index contributed by atoms with van der Waals surface area (Å²) in [7, 11) is 3.22. The molecule has 0 fully saturated rings. The fourth-order valence-corrected chi connectivity index (χ4v) is 3.14. The molecule has 2 aromatic carbocycles. The van der Waals surface area contributed by atoms with Crippen molar-refractivity contribution in [2.45, 2.75) is 52.2 Å². The molecule has 174 valence electrons. The molecule has 0 aromatic heterocycles. The lowest BCUT2D eigenvalue weighted by molar-refractivity contribution is -0.141. The van der Waals surface area contributed by atoms with E-state index in [0.717, 1.165) is 22.8 Å². The predicted molar refractivity (Wildman–Crippen MR) is 124 cm³/mol. The summed E-state index contributed by atoms with van der Waals surface area (Å²) in [5.41, 5.74) is 0.929. The van der Waals surface area contributed by atoms with Crippen molar-refractivity contribution in [3.8, 4) is 17.2 Å². The maximum absolute atomic E-state index is 13.0. The van der Waals surface area contributed by atoms with E-state index in [1.807, 2.05) is 62.4 Å². The van der Waals surface area contributed by atoms with Crippen molar-refractivity contribution in [2.75, 3.05) is 20.8 Å². The van der Waals surface area contributed by atoms with Crippen molar-refractivity contribution in [1.82, 2.24) is 10.2 Å². The minimum Gasteiger partial charge on any atom is -0.497 e. The third-order valence-electron chi connectivity index (χ3n) is 4.97. The van der Waals surface area contributed by atoms with Crippen LogP contribution in [0.15, 0.2) is 48.5 Å². The fraction of sp³-hybridized carbons (Fsp3) is 0.440. The molecule has 0 saturated heterocycles. The van der Waals surface area contributed by atoms with Gasteiger partial charge in [-0.25, -0.2) is 0 Å². The molecule has 0 aliphatic rings. The van der Waals surface area contributed by atoms with E-state index in [0.29, 0.717) is 19.6 Å². The molecule has 2 aromatic rings. The Kier molecular flexibility index (Phi) is 9.85. The first-order chi connectivity index (χ1) is 15.3. The summed E-state index contributed by atoms with van der Waals surface area (Å²) in [5.74, 6) is 1.96. The van der Waals surface area contributed by atoms with Gasteiger partial charge in [-0.2, -0.15) is 0 Å². The largest absolute Gasteiger partial charge is 0.497 e. The molecular formula is C25H34N2O5. The van der Waals surface area contributed by atoms with E-state index in [2.05, 4.69) is 5.32 Å². The van der Waals surface area contributed by atoms with Gasteiger partial charge in [0.2, 0.25) is 11.8 Å². The zero-order valence-electron chi connectivity index (χ0n) is 19.6. The number of carbonyl (C=O) groups excluding carboxylic acids is 2. The van der Waals surface area contributed by atoms with Crippen molar-refractivity contribution >= 4 is 11.8 Å². The van der Waals surface area contributed by atoms with Crippen LogP contribution in [0.3, 0.4) is 0 Å². The maximum atomic E-state index is 13.0. The van der Waals surface area contributed by atoms with Gasteiger partial charge in [-0.1, -0.05) is 12.1 Å². The third kappa shape index (κ3) is 7.80. The number of hydrogen-bond donors (Lipinski definition) is 1. The van der Waals surface area contributed by atoms with Crippen molar-refractivity contribution < 1.29 is 23.8 Å². The van der Waals surface area contributed by atoms with Gasteiger partial charge in [0, 0.05) is 19.0 Å². The van der Waals surface area contributed by atoms with Crippen LogP contribution in [0.25, 0.3) is 0 Å². The van der Waals surface area contributed by atoms with E-state index in [1.54, 1.807) is 26.0 Å². The molecule has 0 saturated carbocycles. The molecule has 0 aliphatic carbocycles. The molecule has 2 amide bonds. The third-order valence-corrected chi connectivity index (χ3v) is 4.97. The van der Waals surface area contributed by atoms with Crippen LogP contribution in [-0.2, 0) is 16.1 Å². The van der Waals surface area contributed by atoms with Crippen LogP contribution in [0.2, 0.25) is 0 Å². The second-order valence-corrected chi connectivity index (χ2v) is 7.84. The number of nitrogens with zero attached hydrogens (tertiary/aromatic N) is 1. The van der Waals surface area contributed by atoms with Gasteiger partial charge in [-0.05, 0) is 69.2 Å². The summed E-state index contributed by atoms with van der Waals surface area (Å²) >= 11 is 0. The van der Waals surface area contributed by atoms with Crippen molar-refractivity contribution in [3.63, 3.8) is 0 Å². The van der Waals surface area contributed by atoms with E-state index in [9.17, 15) is 9.59 Å². The van der Waals surface area contributed by atoms with Crippen molar-refractivity contribution in [1.29, 1.82) is 0 Å². The maximum Gasteiger partial charge on any atom is 0.242 e. The van der Waals surface area contributed by atoms with E-state index in [1.165, 1.54) is 0 Å². The molecule has 0 radical (unpaired) electrons. The summed E-state index contributed by atoms with van der Waals surface area (Å²) in [6, 6.07) is 14.2. The van der Waals surface area contributed by atoms with Crippen LogP contribution in [0, 0.1) is 0 Å². The lowest BCUT2D eigenvalue weighted by Gasteiger charge is -2.29. The van der Waals surface area contributed by atoms with Gasteiger partial charge in [0.05, 0.1) is 20.8 Å². The van der Waals surface area contributed by atoms with Crippen molar-refractivity contribution in [2.24, 2.45) is 0 Å². The molecule has 1 N–H and O–H groups in total. The number of nitrogens with one attached hydrogen (secondary N) is 1. The van der Waals surface area contributed by atoms with E-state index in [4.69, 9.17) is 14.2 Å². The number of carbonyl (C=O) groups is 2. The second kappa shape index (κ2) is 12.6. The number of benzene rings is 2. The minimum absolute atomic E-state index is 0.000727. The standard InChI is InChI=1S/C25H34N2O5/c1-18(2)26-25(29)19(3)27(17-20-8-10-21(30-4)11-9-20)24(28)7-6-16-32-23-14-12-22(31-5)13-15-23/h8-15,18-19H,6-7,16-17H2,1-5H3,(H,26,29)/t19-/m1/s1. The first-order valence-electron chi connectivity index (χ1n) is 10.8. The second-order valence-electron chi connectivity index (χ2n) is 7.84. The van der Waals surface area contributed by atoms with Gasteiger partial charge in [0.25, 0.3) is 0 Å². The van der Waals surface area contributed by atoms with Crippen LogP contribution in [0.1, 0.15) is 39.2 Å². The smallest absolute Gasteiger partial charge is 0.242 e. The molecule has 2 rings (SSSR count). The number of ether oxygens (including phenoxy) is 3. The molecule has 0 aliphatic heterocycles. The van der Waals surface area contributed by atoms with Gasteiger partial charge >= 0.3 is 0 Å². The van der Waals surface area contributed by atoms with Gasteiger partial charge in [0.1, 0.15) is 23.3 Å². The van der Waals surface area contributed by atoms with Crippen LogP contribution < -0.4 is 19.5 Å². The molecule has 0 heterocycles. The lowest BCUT2D eigenvalue weighted by Crippen LogP contribution is -2.49. The number of hydrogen-bond acceptors (Lipinski definition) is 5. The summed E-state index contributed by atoms with van der Waals surface area (Å²) in [6.45, 7) is 6.30. The quantitative estimate of drug-likeness (QED) is 0.506. The van der Waals surface area contributed by atoms with Crippen LogP contribution in [0.5, 0.6) is 17.2 Å². The molecule has 7 nitrogen and oxygen atoms in total. The Morgan fingerprint density at radius 2 is 1.41 bits per heavy atom. The summed E-state index contributed by atoms with van der Waals surface area (Å²) in [4.78, 5) is 27.3. The first-order valence-corrected chi connectivity index (χ1v) is 10.8. The van der Waals surface area contributed by atoms with E-state index < -0.39 is 6.04 Å². The SMILES string of the molecule is COc1ccc(CN(C(=O)CCCOc2ccc(OC)cc2)[C@H](C)C(=O)NC(C)C)cc1. The normalized spacial score (nSPS) is 11.6. The Morgan fingerprint density at radius 3 is 1.94 bits per heavy atom. The average molecular weight is 443 g/mol. The Labute approximate surface area is 190 Å². The molecule has 1 atom stereocenters. The number of methoxy groups -OCH3 is 2. The number of amides is 2. The Balaban J connectivity index is 1.98. The monoisotopic (exact) mass is 442 g/mol. The Hall–Kier alpha value is -3.22. The summed E-state index contributed by atoms with van der Waals surface area (Å²) in [5, 5.41) is 2.89. The highest BCUT2D eigenvalue weighted by atomic mass is 16.5. The highest BCUT2D eigenvalue weighted by molar-refractivity contribution is 5.87. The Morgan fingerprint density at radius 1 is 0.875 bits per heavy atom. The van der Waals surface area contributed by atoms with E-state index >= 15 is 0 Å². The van der Waals surface area contributed by atoms with Crippen LogP contribution in [-0.4, -0.2) is 49.6 Å². The average Bonchev–Trinajstić information content (AvgIpc) is 2.80. The predicted octanol–water partition coefficient (Wildman–Crippen LogP) is 3.80. The Bertz CT molecular complexity index is 850. The molecule has 32 heavy (non-hydrogen) atoms. The minimum atomic E-state index is -0.588. The first kappa shape index (κ1) is 25.0. The van der Waals surface area contributed by atoms with Crippen molar-refractivity contribution in [3.05, 3.63) is 54.1 Å². The highest BCUT2D eigenvalue weighted by Crippen LogP contribution is 2.18. The highest BCUT2D eigenvalue weighted by Gasteiger charge is 2.26. The van der Waals surface area contributed by atoms with Crippen LogP contribution >= 0.6 is 0 Å². The number of rotatable bonds is 12. The zero-order chi connectivity index (χ0) is 23.5. The van der Waals surface area contributed by atoms with Gasteiger partial charge in [0.15, 0.2) is 0 Å². The molecule has 7 heteroatoms. The zero-order valence-corrected chi connectivity index (χ0v) is 19.6. The van der Waals surface area contributed by atoms with Crippen LogP contribution in [0.4, 0.5) is 0 Å². The molecular weight excluding hydrogens is 408 g/mol. The lowest BCUT2D eigenvalue weighted by atomic mass is 10.1. The topological polar surface area (TPSA) is 77.1 Å². The van der Waals surface area contributed by atoms with Gasteiger partial charge in [-0.15, -0.1) is 0 Å². The van der Waals surface area contributed by atoms with Gasteiger partial charge in [-0.3, -0.25) is 9.59 Å². The van der Waals surface area contributed by atoms with Gasteiger partial charge < -0.3 is 24.4 Å².